The predicted octanol–water partition coefficient (Wildman–Crippen LogP) is 3.23. The summed E-state index contributed by atoms with van der Waals surface area (Å²) in [5, 5.41) is 15.8. The highest BCUT2D eigenvalue weighted by Gasteiger charge is 2.15. The molecule has 0 saturated carbocycles. The number of aromatic nitrogens is 5. The minimum absolute atomic E-state index is 0.230. The zero-order valence-electron chi connectivity index (χ0n) is 16.6. The molecule has 3 aromatic heterocycles. The van der Waals surface area contributed by atoms with E-state index in [9.17, 15) is 5.11 Å². The Bertz CT molecular complexity index is 831. The highest BCUT2D eigenvalue weighted by atomic mass is 16.3. The third-order valence-corrected chi connectivity index (χ3v) is 3.70. The van der Waals surface area contributed by atoms with Crippen LogP contribution in [0.1, 0.15) is 46.4 Å². The Hall–Kier alpha value is -2.74. The van der Waals surface area contributed by atoms with Gasteiger partial charge in [0.2, 0.25) is 5.95 Å². The summed E-state index contributed by atoms with van der Waals surface area (Å²) in [6.45, 7) is 10.8. The van der Waals surface area contributed by atoms with E-state index in [1.165, 1.54) is 0 Å². The number of aliphatic hydroxyl groups excluding tert-OH is 1. The Labute approximate surface area is 160 Å². The molecule has 0 aliphatic carbocycles. The molecular weight excluding hydrogens is 342 g/mol. The summed E-state index contributed by atoms with van der Waals surface area (Å²) in [5.74, 6) is 1.10. The van der Waals surface area contributed by atoms with Gasteiger partial charge in [-0.1, -0.05) is 19.9 Å². The molecule has 0 radical (unpaired) electrons. The Balaban J connectivity index is 0.00000126. The quantitative estimate of drug-likeness (QED) is 0.586. The number of nitrogens with one attached hydrogen (secondary N) is 2. The van der Waals surface area contributed by atoms with Crippen molar-refractivity contribution in [2.24, 2.45) is 0 Å². The second-order valence-electron chi connectivity index (χ2n) is 6.22. The van der Waals surface area contributed by atoms with E-state index in [0.717, 1.165) is 11.3 Å². The fourth-order valence-electron chi connectivity index (χ4n) is 2.41. The zero-order chi connectivity index (χ0) is 19.8. The molecule has 27 heavy (non-hydrogen) atoms. The molecule has 3 N–H and O–H groups in total. The molecule has 8 heteroatoms. The molecule has 0 aliphatic heterocycles. The molecule has 1 atom stereocenters. The average molecular weight is 371 g/mol. The van der Waals surface area contributed by atoms with Crippen molar-refractivity contribution in [2.75, 3.05) is 17.2 Å². The van der Waals surface area contributed by atoms with Crippen LogP contribution >= 0.6 is 0 Å². The molecule has 0 amide bonds. The highest BCUT2D eigenvalue weighted by Crippen LogP contribution is 2.23. The predicted molar refractivity (Wildman–Crippen MR) is 109 cm³/mol. The average Bonchev–Trinajstić information content (AvgIpc) is 3.11. The van der Waals surface area contributed by atoms with Crippen LogP contribution in [0.4, 0.5) is 11.8 Å². The van der Waals surface area contributed by atoms with Crippen LogP contribution in [0, 0.1) is 0 Å². The number of fused-ring (bicyclic) bond motifs is 1. The normalized spacial score (nSPS) is 11.8. The van der Waals surface area contributed by atoms with Gasteiger partial charge in [0.1, 0.15) is 0 Å². The minimum atomic E-state index is -0.487. The van der Waals surface area contributed by atoms with Crippen LogP contribution in [-0.2, 0) is 6.54 Å². The van der Waals surface area contributed by atoms with E-state index >= 15 is 0 Å². The van der Waals surface area contributed by atoms with Gasteiger partial charge in [-0.05, 0) is 32.9 Å². The summed E-state index contributed by atoms with van der Waals surface area (Å²) >= 11 is 0. The van der Waals surface area contributed by atoms with Crippen molar-refractivity contribution in [1.82, 2.24) is 24.5 Å². The van der Waals surface area contributed by atoms with Crippen molar-refractivity contribution < 1.29 is 5.11 Å². The van der Waals surface area contributed by atoms with E-state index < -0.39 is 6.10 Å². The van der Waals surface area contributed by atoms with E-state index in [-0.39, 0.29) is 6.04 Å². The number of rotatable bonds is 7. The number of nitrogens with zero attached hydrogens (tertiary/aromatic N) is 5. The van der Waals surface area contributed by atoms with Gasteiger partial charge in [0.05, 0.1) is 24.7 Å². The summed E-state index contributed by atoms with van der Waals surface area (Å²) < 4.78 is 2.00. The lowest BCUT2D eigenvalue weighted by molar-refractivity contribution is 0.208. The van der Waals surface area contributed by atoms with Gasteiger partial charge in [0, 0.05) is 18.8 Å². The third kappa shape index (κ3) is 5.37. The van der Waals surface area contributed by atoms with Crippen LogP contribution in [0.15, 0.2) is 30.7 Å². The first-order valence-electron chi connectivity index (χ1n) is 9.35. The number of hydrogen-bond donors (Lipinski definition) is 3. The van der Waals surface area contributed by atoms with E-state index in [2.05, 4.69) is 44.4 Å². The lowest BCUT2D eigenvalue weighted by atomic mass is 10.3. The lowest BCUT2D eigenvalue weighted by Gasteiger charge is -2.12. The van der Waals surface area contributed by atoms with Crippen LogP contribution < -0.4 is 10.6 Å². The first kappa shape index (κ1) is 20.6. The van der Waals surface area contributed by atoms with Gasteiger partial charge < -0.3 is 20.3 Å². The molecule has 146 valence electrons. The Morgan fingerprint density at radius 2 is 1.85 bits per heavy atom. The topological polar surface area (TPSA) is 101 Å². The van der Waals surface area contributed by atoms with Crippen LogP contribution in [0.25, 0.3) is 11.2 Å². The summed E-state index contributed by atoms with van der Waals surface area (Å²) in [6.07, 6.45) is 3.05. The number of pyridine rings is 1. The van der Waals surface area contributed by atoms with Crippen molar-refractivity contribution in [3.63, 3.8) is 0 Å². The smallest absolute Gasteiger partial charge is 0.226 e. The second-order valence-corrected chi connectivity index (χ2v) is 6.22. The summed E-state index contributed by atoms with van der Waals surface area (Å²) in [7, 11) is 0. The van der Waals surface area contributed by atoms with Gasteiger partial charge >= 0.3 is 0 Å². The fraction of sp³-hybridized carbons (Fsp3) is 0.474. The van der Waals surface area contributed by atoms with E-state index in [1.54, 1.807) is 19.4 Å². The van der Waals surface area contributed by atoms with E-state index in [1.807, 2.05) is 36.6 Å². The van der Waals surface area contributed by atoms with Gasteiger partial charge in [-0.2, -0.15) is 9.97 Å². The molecule has 8 nitrogen and oxygen atoms in total. The van der Waals surface area contributed by atoms with Crippen molar-refractivity contribution >= 4 is 22.9 Å². The molecule has 1 unspecified atom stereocenters. The van der Waals surface area contributed by atoms with Crippen LogP contribution in [-0.4, -0.2) is 42.3 Å². The molecule has 3 aromatic rings. The van der Waals surface area contributed by atoms with Gasteiger partial charge in [0.25, 0.3) is 0 Å². The lowest BCUT2D eigenvalue weighted by Crippen LogP contribution is -2.18. The Morgan fingerprint density at radius 3 is 2.48 bits per heavy atom. The minimum Gasteiger partial charge on any atom is -0.392 e. The summed E-state index contributed by atoms with van der Waals surface area (Å²) in [5.41, 5.74) is 2.38. The number of imidazole rings is 1. The van der Waals surface area contributed by atoms with Crippen molar-refractivity contribution in [3.8, 4) is 0 Å². The molecule has 0 aliphatic rings. The van der Waals surface area contributed by atoms with Crippen LogP contribution in [0.2, 0.25) is 0 Å². The van der Waals surface area contributed by atoms with Crippen LogP contribution in [0.3, 0.4) is 0 Å². The van der Waals surface area contributed by atoms with E-state index in [4.69, 9.17) is 0 Å². The molecule has 0 fully saturated rings. The van der Waals surface area contributed by atoms with E-state index in [0.29, 0.717) is 30.4 Å². The van der Waals surface area contributed by atoms with Crippen molar-refractivity contribution in [3.05, 3.63) is 36.4 Å². The first-order valence-corrected chi connectivity index (χ1v) is 9.35. The second kappa shape index (κ2) is 9.82. The summed E-state index contributed by atoms with van der Waals surface area (Å²) in [4.78, 5) is 17.8. The SMILES string of the molecule is CC.CC(O)CNc1nc(NCc2ccccn2)c2ncn(C(C)C)c2n1. The molecule has 3 rings (SSSR count). The molecule has 0 spiro atoms. The maximum atomic E-state index is 9.49. The largest absolute Gasteiger partial charge is 0.392 e. The third-order valence-electron chi connectivity index (χ3n) is 3.70. The standard InChI is InChI=1S/C17H23N7O.C2H6/c1-11(2)24-10-21-14-15(19-9-13-6-4-5-7-18-13)22-17(23-16(14)24)20-8-12(3)25;1-2/h4-7,10-12,25H,8-9H2,1-3H3,(H2,19,20,22,23);1-2H3. The summed E-state index contributed by atoms with van der Waals surface area (Å²) in [6, 6.07) is 6.01. The molecule has 3 heterocycles. The first-order chi connectivity index (χ1) is 13.0. The molecule has 0 aromatic carbocycles. The monoisotopic (exact) mass is 371 g/mol. The van der Waals surface area contributed by atoms with Crippen LogP contribution in [0.5, 0.6) is 0 Å². The van der Waals surface area contributed by atoms with Gasteiger partial charge in [0.15, 0.2) is 17.0 Å². The Morgan fingerprint density at radius 1 is 1.07 bits per heavy atom. The Kier molecular flexibility index (Phi) is 7.48. The molecule has 0 saturated heterocycles. The van der Waals surface area contributed by atoms with Crippen molar-refractivity contribution in [2.45, 2.75) is 53.3 Å². The highest BCUT2D eigenvalue weighted by molar-refractivity contribution is 5.84. The van der Waals surface area contributed by atoms with Gasteiger partial charge in [-0.15, -0.1) is 0 Å². The number of anilines is 2. The number of aliphatic hydroxyl groups is 1. The molecule has 0 bridgehead atoms. The fourth-order valence-corrected chi connectivity index (χ4v) is 2.41. The van der Waals surface area contributed by atoms with Gasteiger partial charge in [-0.3, -0.25) is 4.98 Å². The maximum absolute atomic E-state index is 9.49. The van der Waals surface area contributed by atoms with Gasteiger partial charge in [-0.25, -0.2) is 4.98 Å². The molecular formula is C19H29N7O. The number of hydrogen-bond acceptors (Lipinski definition) is 7. The van der Waals surface area contributed by atoms with Crippen molar-refractivity contribution in [1.29, 1.82) is 0 Å². The maximum Gasteiger partial charge on any atom is 0.226 e. The zero-order valence-corrected chi connectivity index (χ0v) is 16.6.